The van der Waals surface area contributed by atoms with Crippen molar-refractivity contribution in [1.29, 1.82) is 0 Å². The molecule has 3 aromatic carbocycles. The number of carbonyl (C=O) groups excluding carboxylic acids is 1. The number of nitrogens with zero attached hydrogens (tertiary/aromatic N) is 1. The third-order valence-electron chi connectivity index (χ3n) is 4.75. The highest BCUT2D eigenvalue weighted by atomic mass is 32.2. The third-order valence-corrected chi connectivity index (χ3v) is 6.35. The third kappa shape index (κ3) is 6.11. The van der Waals surface area contributed by atoms with E-state index in [2.05, 4.69) is 15.4 Å². The van der Waals surface area contributed by atoms with E-state index in [1.165, 1.54) is 48.5 Å². The van der Waals surface area contributed by atoms with Crippen LogP contribution in [0.4, 0.5) is 17.1 Å². The number of hydrogen-bond acceptors (Lipinski definition) is 6. The number of aryl methyl sites for hydroxylation is 2. The van der Waals surface area contributed by atoms with Crippen LogP contribution in [-0.4, -0.2) is 24.4 Å². The number of carbonyl (C=O) groups is 1. The zero-order valence-electron chi connectivity index (χ0n) is 17.7. The molecule has 0 aromatic heterocycles. The van der Waals surface area contributed by atoms with Crippen LogP contribution in [0, 0.1) is 24.0 Å². The van der Waals surface area contributed by atoms with Crippen LogP contribution < -0.4 is 15.4 Å². The molecule has 0 atom stereocenters. The fourth-order valence-corrected chi connectivity index (χ4v) is 4.07. The van der Waals surface area contributed by atoms with E-state index in [0.29, 0.717) is 11.4 Å². The maximum atomic E-state index is 12.6. The molecule has 0 spiro atoms. The summed E-state index contributed by atoms with van der Waals surface area (Å²) in [4.78, 5) is 22.4. The molecular formula is C22H20N4O5S2. The zero-order valence-corrected chi connectivity index (χ0v) is 19.3. The summed E-state index contributed by atoms with van der Waals surface area (Å²) in [5, 5.41) is 15.9. The van der Waals surface area contributed by atoms with Crippen molar-refractivity contribution in [1.82, 2.24) is 5.32 Å². The SMILES string of the molecule is Cc1ccc(NS(=O)(=O)c2ccc(NC(=S)NC(=O)c3ccc([N+](=O)[O-])cc3)cc2)cc1C. The number of nitro benzene ring substituents is 1. The molecule has 9 nitrogen and oxygen atoms in total. The van der Waals surface area contributed by atoms with E-state index in [0.717, 1.165) is 11.1 Å². The molecule has 0 heterocycles. The first kappa shape index (κ1) is 23.8. The van der Waals surface area contributed by atoms with Crippen LogP contribution in [-0.2, 0) is 10.0 Å². The molecule has 3 rings (SSSR count). The molecule has 0 bridgehead atoms. The van der Waals surface area contributed by atoms with Crippen LogP contribution in [0.25, 0.3) is 0 Å². The predicted octanol–water partition coefficient (Wildman–Crippen LogP) is 4.14. The Morgan fingerprint density at radius 2 is 1.52 bits per heavy atom. The highest BCUT2D eigenvalue weighted by Crippen LogP contribution is 2.20. The van der Waals surface area contributed by atoms with Crippen molar-refractivity contribution < 1.29 is 18.1 Å². The van der Waals surface area contributed by atoms with Gasteiger partial charge in [-0.3, -0.25) is 24.9 Å². The Kier molecular flexibility index (Phi) is 7.04. The Balaban J connectivity index is 1.62. The molecule has 0 saturated heterocycles. The number of nitrogens with one attached hydrogen (secondary N) is 3. The number of thiocarbonyl (C=S) groups is 1. The Morgan fingerprint density at radius 3 is 2.09 bits per heavy atom. The van der Waals surface area contributed by atoms with Gasteiger partial charge in [-0.1, -0.05) is 6.07 Å². The van der Waals surface area contributed by atoms with Gasteiger partial charge in [0.1, 0.15) is 0 Å². The molecule has 3 aromatic rings. The van der Waals surface area contributed by atoms with Crippen LogP contribution >= 0.6 is 12.2 Å². The summed E-state index contributed by atoms with van der Waals surface area (Å²) >= 11 is 5.11. The second-order valence-corrected chi connectivity index (χ2v) is 9.23. The van der Waals surface area contributed by atoms with Crippen LogP contribution in [0.2, 0.25) is 0 Å². The highest BCUT2D eigenvalue weighted by molar-refractivity contribution is 7.92. The quantitative estimate of drug-likeness (QED) is 0.272. The number of amides is 1. The second-order valence-electron chi connectivity index (χ2n) is 7.14. The molecule has 11 heteroatoms. The van der Waals surface area contributed by atoms with Crippen molar-refractivity contribution in [2.45, 2.75) is 18.7 Å². The van der Waals surface area contributed by atoms with E-state index in [9.17, 15) is 23.3 Å². The number of anilines is 2. The largest absolute Gasteiger partial charge is 0.332 e. The molecule has 0 aliphatic rings. The van der Waals surface area contributed by atoms with Gasteiger partial charge < -0.3 is 5.32 Å². The van der Waals surface area contributed by atoms with Gasteiger partial charge >= 0.3 is 0 Å². The van der Waals surface area contributed by atoms with Crippen LogP contribution in [0.5, 0.6) is 0 Å². The first-order valence-electron chi connectivity index (χ1n) is 9.62. The number of benzene rings is 3. The van der Waals surface area contributed by atoms with Gasteiger partial charge in [0.15, 0.2) is 5.11 Å². The predicted molar refractivity (Wildman–Crippen MR) is 130 cm³/mol. The Morgan fingerprint density at radius 1 is 0.909 bits per heavy atom. The zero-order chi connectivity index (χ0) is 24.2. The normalized spacial score (nSPS) is 10.8. The van der Waals surface area contributed by atoms with E-state index >= 15 is 0 Å². The van der Waals surface area contributed by atoms with Gasteiger partial charge in [0.05, 0.1) is 9.82 Å². The Labute approximate surface area is 196 Å². The van der Waals surface area contributed by atoms with Gasteiger partial charge in [0, 0.05) is 29.1 Å². The molecule has 0 aliphatic carbocycles. The lowest BCUT2D eigenvalue weighted by molar-refractivity contribution is -0.384. The average Bonchev–Trinajstić information content (AvgIpc) is 2.76. The first-order valence-corrected chi connectivity index (χ1v) is 11.5. The smallest absolute Gasteiger partial charge is 0.269 e. The summed E-state index contributed by atoms with van der Waals surface area (Å²) in [6, 6.07) is 16.2. The fraction of sp³-hybridized carbons (Fsp3) is 0.0909. The minimum Gasteiger partial charge on any atom is -0.332 e. The fourth-order valence-electron chi connectivity index (χ4n) is 2.81. The molecule has 1 amide bonds. The molecule has 3 N–H and O–H groups in total. The lowest BCUT2D eigenvalue weighted by atomic mass is 10.1. The summed E-state index contributed by atoms with van der Waals surface area (Å²) in [6.07, 6.45) is 0. The van der Waals surface area contributed by atoms with E-state index in [-0.39, 0.29) is 21.3 Å². The van der Waals surface area contributed by atoms with Gasteiger partial charge in [0.2, 0.25) is 0 Å². The first-order chi connectivity index (χ1) is 15.5. The summed E-state index contributed by atoms with van der Waals surface area (Å²) in [7, 11) is -3.78. The molecule has 0 saturated carbocycles. The molecule has 170 valence electrons. The average molecular weight is 485 g/mol. The molecule has 33 heavy (non-hydrogen) atoms. The molecule has 0 aliphatic heterocycles. The van der Waals surface area contributed by atoms with Gasteiger partial charge in [-0.2, -0.15) is 0 Å². The standard InChI is InChI=1S/C22H20N4O5S2/c1-14-3-6-18(13-15(14)2)25-33(30,31)20-11-7-17(8-12-20)23-22(32)24-21(27)16-4-9-19(10-5-16)26(28)29/h3-13,25H,1-2H3,(H2,23,24,27,32). The number of rotatable bonds is 6. The minimum atomic E-state index is -3.78. The Bertz CT molecular complexity index is 1320. The van der Waals surface area contributed by atoms with E-state index in [4.69, 9.17) is 12.2 Å². The molecule has 0 unspecified atom stereocenters. The van der Waals surface area contributed by atoms with Crippen molar-refractivity contribution in [2.24, 2.45) is 0 Å². The van der Waals surface area contributed by atoms with Crippen LogP contribution in [0.15, 0.2) is 71.6 Å². The topological polar surface area (TPSA) is 130 Å². The highest BCUT2D eigenvalue weighted by Gasteiger charge is 2.15. The lowest BCUT2D eigenvalue weighted by Crippen LogP contribution is -2.34. The molecule has 0 radical (unpaired) electrons. The van der Waals surface area contributed by atoms with E-state index < -0.39 is 20.9 Å². The number of hydrogen-bond donors (Lipinski definition) is 3. The van der Waals surface area contributed by atoms with Gasteiger partial charge in [-0.15, -0.1) is 0 Å². The summed E-state index contributed by atoms with van der Waals surface area (Å²) in [6.45, 7) is 3.84. The maximum Gasteiger partial charge on any atom is 0.269 e. The van der Waals surface area contributed by atoms with E-state index in [1.807, 2.05) is 19.9 Å². The summed E-state index contributed by atoms with van der Waals surface area (Å²) in [5.74, 6) is -0.542. The monoisotopic (exact) mass is 484 g/mol. The van der Waals surface area contributed by atoms with Crippen molar-refractivity contribution >= 4 is 50.3 Å². The van der Waals surface area contributed by atoms with Gasteiger partial charge in [-0.25, -0.2) is 8.42 Å². The molecular weight excluding hydrogens is 464 g/mol. The summed E-state index contributed by atoms with van der Waals surface area (Å²) in [5.41, 5.74) is 3.03. The van der Waals surface area contributed by atoms with Gasteiger partial charge in [0.25, 0.3) is 21.6 Å². The van der Waals surface area contributed by atoms with Crippen molar-refractivity contribution in [3.05, 3.63) is 93.5 Å². The maximum absolute atomic E-state index is 12.6. The van der Waals surface area contributed by atoms with Crippen molar-refractivity contribution in [2.75, 3.05) is 10.0 Å². The van der Waals surface area contributed by atoms with Gasteiger partial charge in [-0.05, 0) is 85.7 Å². The van der Waals surface area contributed by atoms with Crippen LogP contribution in [0.1, 0.15) is 21.5 Å². The van der Waals surface area contributed by atoms with Crippen LogP contribution in [0.3, 0.4) is 0 Å². The minimum absolute atomic E-state index is 0.0118. The summed E-state index contributed by atoms with van der Waals surface area (Å²) < 4.78 is 27.8. The molecule has 0 fully saturated rings. The van der Waals surface area contributed by atoms with Crippen molar-refractivity contribution in [3.63, 3.8) is 0 Å². The second kappa shape index (κ2) is 9.76. The number of nitro groups is 1. The number of sulfonamides is 1. The van der Waals surface area contributed by atoms with Crippen molar-refractivity contribution in [3.8, 4) is 0 Å². The Hall–Kier alpha value is -3.83. The lowest BCUT2D eigenvalue weighted by Gasteiger charge is -2.12. The van der Waals surface area contributed by atoms with E-state index in [1.54, 1.807) is 12.1 Å². The number of non-ortho nitro benzene ring substituents is 1.